The second-order valence-electron chi connectivity index (χ2n) is 4.62. The summed E-state index contributed by atoms with van der Waals surface area (Å²) in [6.45, 7) is 0.247. The molecule has 1 unspecified atom stereocenters. The number of ether oxygens (including phenoxy) is 1. The second-order valence-corrected chi connectivity index (χ2v) is 4.62. The van der Waals surface area contributed by atoms with Crippen LogP contribution < -0.4 is 0 Å². The zero-order valence-corrected chi connectivity index (χ0v) is 10.5. The number of hydrogen-bond donors (Lipinski definition) is 0. The molecule has 1 aromatic carbocycles. The first-order valence-corrected chi connectivity index (χ1v) is 6.18. The first kappa shape index (κ1) is 12.3. The van der Waals surface area contributed by atoms with Crippen LogP contribution in [-0.4, -0.2) is 23.8 Å². The number of esters is 1. The molecule has 20 heavy (non-hydrogen) atoms. The first-order chi connectivity index (χ1) is 9.74. The minimum Gasteiger partial charge on any atom is -0.465 e. The lowest BCUT2D eigenvalue weighted by molar-refractivity contribution is -0.137. The molecular formula is C15H10N2O3. The topological polar surface area (TPSA) is 80.1 Å². The van der Waals surface area contributed by atoms with Gasteiger partial charge in [-0.05, 0) is 10.9 Å². The molecule has 0 N–H and O–H groups in total. The molecule has 1 aliphatic heterocycles. The van der Waals surface area contributed by atoms with Gasteiger partial charge in [-0.2, -0.15) is 5.26 Å². The lowest BCUT2D eigenvalue weighted by Gasteiger charge is -2.13. The SMILES string of the molecule is N#Cc1nc(C=O)c(C2COC(=O)C2)c2ccccc12. The molecule has 1 saturated heterocycles. The van der Waals surface area contributed by atoms with E-state index in [0.29, 0.717) is 17.2 Å². The summed E-state index contributed by atoms with van der Waals surface area (Å²) in [6.07, 6.45) is 0.865. The van der Waals surface area contributed by atoms with E-state index in [4.69, 9.17) is 10.00 Å². The van der Waals surface area contributed by atoms with Crippen LogP contribution in [0, 0.1) is 11.3 Å². The van der Waals surface area contributed by atoms with Crippen molar-refractivity contribution in [1.29, 1.82) is 5.26 Å². The Labute approximate surface area is 114 Å². The smallest absolute Gasteiger partial charge is 0.306 e. The van der Waals surface area contributed by atoms with E-state index in [1.54, 1.807) is 6.07 Å². The Kier molecular flexibility index (Phi) is 2.92. The van der Waals surface area contributed by atoms with E-state index in [2.05, 4.69) is 4.98 Å². The van der Waals surface area contributed by atoms with Crippen molar-refractivity contribution in [2.75, 3.05) is 6.61 Å². The largest absolute Gasteiger partial charge is 0.465 e. The number of hydrogen-bond acceptors (Lipinski definition) is 5. The van der Waals surface area contributed by atoms with Crippen LogP contribution in [0.4, 0.5) is 0 Å². The van der Waals surface area contributed by atoms with Gasteiger partial charge < -0.3 is 4.74 Å². The van der Waals surface area contributed by atoms with Gasteiger partial charge in [0.15, 0.2) is 6.29 Å². The lowest BCUT2D eigenvalue weighted by Crippen LogP contribution is -2.07. The molecule has 0 saturated carbocycles. The molecule has 5 nitrogen and oxygen atoms in total. The maximum Gasteiger partial charge on any atom is 0.306 e. The zero-order valence-electron chi connectivity index (χ0n) is 10.5. The van der Waals surface area contributed by atoms with Crippen LogP contribution in [0.25, 0.3) is 10.8 Å². The van der Waals surface area contributed by atoms with Gasteiger partial charge in [0.1, 0.15) is 17.5 Å². The third kappa shape index (κ3) is 1.82. The highest BCUT2D eigenvalue weighted by Crippen LogP contribution is 2.34. The Morgan fingerprint density at radius 2 is 2.10 bits per heavy atom. The summed E-state index contributed by atoms with van der Waals surface area (Å²) < 4.78 is 4.98. The number of aromatic nitrogens is 1. The molecule has 5 heteroatoms. The molecule has 2 heterocycles. The third-order valence-electron chi connectivity index (χ3n) is 3.46. The van der Waals surface area contributed by atoms with Crippen molar-refractivity contribution in [2.24, 2.45) is 0 Å². The molecule has 1 aromatic heterocycles. The minimum atomic E-state index is -0.278. The average molecular weight is 266 g/mol. The van der Waals surface area contributed by atoms with Crippen LogP contribution in [0.2, 0.25) is 0 Å². The Bertz CT molecular complexity index is 762. The lowest BCUT2D eigenvalue weighted by atomic mass is 9.91. The Balaban J connectivity index is 2.32. The van der Waals surface area contributed by atoms with E-state index < -0.39 is 0 Å². The van der Waals surface area contributed by atoms with E-state index in [1.807, 2.05) is 24.3 Å². The summed E-state index contributed by atoms with van der Waals surface area (Å²) in [7, 11) is 0. The molecule has 0 radical (unpaired) electrons. The Morgan fingerprint density at radius 3 is 2.70 bits per heavy atom. The standard InChI is InChI=1S/C15H10N2O3/c16-6-12-10-3-1-2-4-11(10)15(13(7-18)17-12)9-5-14(19)20-8-9/h1-4,7,9H,5,8H2. The molecule has 0 bridgehead atoms. The van der Waals surface area contributed by atoms with Crippen LogP contribution in [0.5, 0.6) is 0 Å². The fraction of sp³-hybridized carbons (Fsp3) is 0.200. The van der Waals surface area contributed by atoms with Crippen molar-refractivity contribution < 1.29 is 14.3 Å². The summed E-state index contributed by atoms with van der Waals surface area (Å²) in [6, 6.07) is 9.27. The van der Waals surface area contributed by atoms with Crippen molar-refractivity contribution in [3.05, 3.63) is 41.2 Å². The predicted octanol–water partition coefficient (Wildman–Crippen LogP) is 1.95. The number of rotatable bonds is 2. The maximum absolute atomic E-state index is 11.3. The fourth-order valence-electron chi connectivity index (χ4n) is 2.61. The monoisotopic (exact) mass is 266 g/mol. The van der Waals surface area contributed by atoms with E-state index in [1.165, 1.54) is 0 Å². The van der Waals surface area contributed by atoms with Gasteiger partial charge in [0.2, 0.25) is 0 Å². The van der Waals surface area contributed by atoms with Crippen LogP contribution in [0.1, 0.15) is 34.1 Å². The molecule has 2 aromatic rings. The van der Waals surface area contributed by atoms with Gasteiger partial charge in [0.25, 0.3) is 0 Å². The number of benzene rings is 1. The maximum atomic E-state index is 11.3. The van der Waals surface area contributed by atoms with Crippen LogP contribution in [0.15, 0.2) is 24.3 Å². The highest BCUT2D eigenvalue weighted by atomic mass is 16.5. The van der Waals surface area contributed by atoms with Crippen molar-refractivity contribution in [3.63, 3.8) is 0 Å². The summed E-state index contributed by atoms with van der Waals surface area (Å²) in [5.41, 5.74) is 1.13. The summed E-state index contributed by atoms with van der Waals surface area (Å²) in [5, 5.41) is 10.6. The first-order valence-electron chi connectivity index (χ1n) is 6.18. The predicted molar refractivity (Wildman–Crippen MR) is 70.2 cm³/mol. The van der Waals surface area contributed by atoms with Crippen molar-refractivity contribution in [1.82, 2.24) is 4.98 Å². The molecule has 0 amide bonds. The zero-order chi connectivity index (χ0) is 14.1. The van der Waals surface area contributed by atoms with Gasteiger partial charge in [-0.1, -0.05) is 24.3 Å². The van der Waals surface area contributed by atoms with E-state index >= 15 is 0 Å². The molecule has 0 aliphatic carbocycles. The molecule has 1 atom stereocenters. The molecule has 98 valence electrons. The highest BCUT2D eigenvalue weighted by Gasteiger charge is 2.29. The van der Waals surface area contributed by atoms with Gasteiger partial charge in [-0.25, -0.2) is 4.98 Å². The van der Waals surface area contributed by atoms with Crippen molar-refractivity contribution in [2.45, 2.75) is 12.3 Å². The normalized spacial score (nSPS) is 17.8. The van der Waals surface area contributed by atoms with Gasteiger partial charge >= 0.3 is 5.97 Å². The quantitative estimate of drug-likeness (QED) is 0.613. The van der Waals surface area contributed by atoms with E-state index in [0.717, 1.165) is 5.39 Å². The molecule has 0 spiro atoms. The average Bonchev–Trinajstić information content (AvgIpc) is 2.91. The number of fused-ring (bicyclic) bond motifs is 1. The van der Waals surface area contributed by atoms with Crippen molar-refractivity contribution >= 4 is 23.0 Å². The number of carbonyl (C=O) groups excluding carboxylic acids is 2. The summed E-state index contributed by atoms with van der Waals surface area (Å²) in [4.78, 5) is 26.7. The fourth-order valence-corrected chi connectivity index (χ4v) is 2.61. The van der Waals surface area contributed by atoms with Gasteiger partial charge in [-0.15, -0.1) is 0 Å². The van der Waals surface area contributed by atoms with E-state index in [9.17, 15) is 9.59 Å². The number of nitriles is 1. The number of nitrogens with zero attached hydrogens (tertiary/aromatic N) is 2. The Morgan fingerprint density at radius 1 is 1.35 bits per heavy atom. The van der Waals surface area contributed by atoms with Crippen LogP contribution in [0.3, 0.4) is 0 Å². The molecule has 3 rings (SSSR count). The number of carbonyl (C=O) groups is 2. The minimum absolute atomic E-state index is 0.187. The third-order valence-corrected chi connectivity index (χ3v) is 3.46. The summed E-state index contributed by atoms with van der Waals surface area (Å²) in [5.74, 6) is -0.465. The number of pyridine rings is 1. The van der Waals surface area contributed by atoms with Gasteiger partial charge in [0.05, 0.1) is 13.0 Å². The summed E-state index contributed by atoms with van der Waals surface area (Å²) >= 11 is 0. The van der Waals surface area contributed by atoms with Gasteiger partial charge in [0, 0.05) is 11.3 Å². The Hall–Kier alpha value is -2.74. The number of aldehydes is 1. The second kappa shape index (κ2) is 4.74. The molecular weight excluding hydrogens is 256 g/mol. The molecule has 1 fully saturated rings. The van der Waals surface area contributed by atoms with Gasteiger partial charge in [-0.3, -0.25) is 9.59 Å². The van der Waals surface area contributed by atoms with Crippen LogP contribution in [-0.2, 0) is 9.53 Å². The van der Waals surface area contributed by atoms with Crippen LogP contribution >= 0.6 is 0 Å². The highest BCUT2D eigenvalue weighted by molar-refractivity contribution is 5.95. The van der Waals surface area contributed by atoms with E-state index in [-0.39, 0.29) is 36.3 Å². The molecule has 1 aliphatic rings. The van der Waals surface area contributed by atoms with Crippen molar-refractivity contribution in [3.8, 4) is 6.07 Å². The number of cyclic esters (lactones) is 1.